The maximum absolute atomic E-state index is 5.71. The molecule has 1 saturated heterocycles. The fraction of sp³-hybridized carbons (Fsp3) is 0.400. The highest BCUT2D eigenvalue weighted by Crippen LogP contribution is 2.25. The zero-order chi connectivity index (χ0) is 16.8. The van der Waals surface area contributed by atoms with Crippen LogP contribution >= 0.6 is 0 Å². The average molecular weight is 325 g/mol. The van der Waals surface area contributed by atoms with Crippen molar-refractivity contribution in [2.75, 3.05) is 13.7 Å². The van der Waals surface area contributed by atoms with Crippen molar-refractivity contribution in [2.45, 2.75) is 38.0 Å². The van der Waals surface area contributed by atoms with Crippen LogP contribution in [0.15, 0.2) is 48.5 Å². The van der Waals surface area contributed by atoms with Gasteiger partial charge in [-0.2, -0.15) is 0 Å². The number of piperidine rings is 1. The molecule has 1 aliphatic heterocycles. The van der Waals surface area contributed by atoms with Gasteiger partial charge in [0.1, 0.15) is 5.75 Å². The molecule has 3 rings (SSSR count). The maximum atomic E-state index is 5.71. The molecule has 4 N–H and O–H groups in total. The molecule has 1 aliphatic rings. The fourth-order valence-electron chi connectivity index (χ4n) is 3.41. The summed E-state index contributed by atoms with van der Waals surface area (Å²) < 4.78 is 5.45. The fourth-order valence-corrected chi connectivity index (χ4v) is 3.41. The van der Waals surface area contributed by atoms with Gasteiger partial charge in [-0.05, 0) is 36.6 Å². The molecule has 1 heterocycles. The second kappa shape index (κ2) is 8.29. The molecule has 0 spiro atoms. The largest absolute Gasteiger partial charge is 0.496 e. The summed E-state index contributed by atoms with van der Waals surface area (Å²) in [7, 11) is 1.73. The highest BCUT2D eigenvalue weighted by molar-refractivity contribution is 5.33. The third-order valence-electron chi connectivity index (χ3n) is 4.78. The number of rotatable bonds is 6. The molecule has 2 aromatic carbocycles. The van der Waals surface area contributed by atoms with Crippen molar-refractivity contribution in [3.05, 3.63) is 65.2 Å². The second-order valence-electron chi connectivity index (χ2n) is 6.32. The number of nitrogens with one attached hydrogen (secondary N) is 2. The van der Waals surface area contributed by atoms with Gasteiger partial charge in [0.25, 0.3) is 0 Å². The third kappa shape index (κ3) is 3.96. The van der Waals surface area contributed by atoms with E-state index in [1.54, 1.807) is 7.11 Å². The van der Waals surface area contributed by atoms with Gasteiger partial charge < -0.3 is 21.1 Å². The van der Waals surface area contributed by atoms with E-state index in [1.807, 2.05) is 12.1 Å². The molecule has 0 radical (unpaired) electrons. The molecule has 0 aromatic heterocycles. The lowest BCUT2D eigenvalue weighted by atomic mass is 9.91. The van der Waals surface area contributed by atoms with Gasteiger partial charge in [0.05, 0.1) is 7.11 Å². The van der Waals surface area contributed by atoms with Gasteiger partial charge in [-0.25, -0.2) is 0 Å². The maximum Gasteiger partial charge on any atom is 0.123 e. The first-order chi connectivity index (χ1) is 11.8. The van der Waals surface area contributed by atoms with E-state index in [-0.39, 0.29) is 0 Å². The Morgan fingerprint density at radius 2 is 1.96 bits per heavy atom. The first-order valence-electron chi connectivity index (χ1n) is 8.69. The summed E-state index contributed by atoms with van der Waals surface area (Å²) in [5, 5.41) is 7.39. The number of nitrogens with two attached hydrogens (primary N) is 1. The number of hydrogen-bond donors (Lipinski definition) is 3. The highest BCUT2D eigenvalue weighted by atomic mass is 16.5. The summed E-state index contributed by atoms with van der Waals surface area (Å²) in [6, 6.07) is 17.6. The molecule has 0 saturated carbocycles. The zero-order valence-corrected chi connectivity index (χ0v) is 14.3. The van der Waals surface area contributed by atoms with Gasteiger partial charge in [0, 0.05) is 30.7 Å². The minimum atomic E-state index is 0.334. The summed E-state index contributed by atoms with van der Waals surface area (Å²) in [4.78, 5) is 0. The predicted molar refractivity (Wildman–Crippen MR) is 97.9 cm³/mol. The quantitative estimate of drug-likeness (QED) is 0.764. The lowest BCUT2D eigenvalue weighted by Gasteiger charge is -2.34. The van der Waals surface area contributed by atoms with Crippen LogP contribution in [0.3, 0.4) is 0 Å². The molecule has 4 nitrogen and oxygen atoms in total. The second-order valence-corrected chi connectivity index (χ2v) is 6.32. The molecule has 2 atom stereocenters. The molecule has 1 fully saturated rings. The van der Waals surface area contributed by atoms with Crippen molar-refractivity contribution in [3.63, 3.8) is 0 Å². The van der Waals surface area contributed by atoms with Crippen LogP contribution in [-0.2, 0) is 13.1 Å². The van der Waals surface area contributed by atoms with E-state index in [4.69, 9.17) is 10.5 Å². The molecule has 0 unspecified atom stereocenters. The highest BCUT2D eigenvalue weighted by Gasteiger charge is 2.25. The molecule has 0 bridgehead atoms. The van der Waals surface area contributed by atoms with Crippen molar-refractivity contribution in [3.8, 4) is 5.75 Å². The summed E-state index contributed by atoms with van der Waals surface area (Å²) in [6.45, 7) is 2.47. The Labute approximate surface area is 144 Å². The Balaban J connectivity index is 1.70. The predicted octanol–water partition coefficient (Wildman–Crippen LogP) is 2.74. The average Bonchev–Trinajstić information content (AvgIpc) is 2.67. The molecular formula is C20H27N3O. The summed E-state index contributed by atoms with van der Waals surface area (Å²) in [5.74, 6) is 0.942. The Morgan fingerprint density at radius 3 is 2.71 bits per heavy atom. The zero-order valence-electron chi connectivity index (χ0n) is 14.3. The SMILES string of the molecule is COc1ccccc1CN[C@H]1CCCN[C@H]1c1ccc(CN)cc1. The van der Waals surface area contributed by atoms with Crippen molar-refractivity contribution in [1.82, 2.24) is 10.6 Å². The standard InChI is InChI=1S/C20H27N3O/c1-24-19-7-3-2-5-17(19)14-23-18-6-4-12-22-20(18)16-10-8-15(13-21)9-11-16/h2-3,5,7-11,18,20,22-23H,4,6,12-14,21H2,1H3/t18-,20-/m0/s1. The third-order valence-corrected chi connectivity index (χ3v) is 4.78. The van der Waals surface area contributed by atoms with E-state index in [9.17, 15) is 0 Å². The van der Waals surface area contributed by atoms with Crippen molar-refractivity contribution < 1.29 is 4.74 Å². The minimum Gasteiger partial charge on any atom is -0.496 e. The van der Waals surface area contributed by atoms with E-state index in [1.165, 1.54) is 29.5 Å². The van der Waals surface area contributed by atoms with Crippen molar-refractivity contribution in [1.29, 1.82) is 0 Å². The number of benzene rings is 2. The van der Waals surface area contributed by atoms with Gasteiger partial charge in [-0.1, -0.05) is 42.5 Å². The van der Waals surface area contributed by atoms with Crippen molar-refractivity contribution in [2.24, 2.45) is 5.73 Å². The van der Waals surface area contributed by atoms with E-state index in [0.29, 0.717) is 18.6 Å². The number of ether oxygens (including phenoxy) is 1. The van der Waals surface area contributed by atoms with Crippen LogP contribution in [0.25, 0.3) is 0 Å². The Morgan fingerprint density at radius 1 is 1.17 bits per heavy atom. The molecule has 4 heteroatoms. The van der Waals surface area contributed by atoms with Crippen LogP contribution in [0.5, 0.6) is 5.75 Å². The normalized spacial score (nSPS) is 20.8. The first kappa shape index (κ1) is 17.0. The van der Waals surface area contributed by atoms with Crippen molar-refractivity contribution >= 4 is 0 Å². The summed E-state index contributed by atoms with van der Waals surface area (Å²) in [5.41, 5.74) is 9.40. The van der Waals surface area contributed by atoms with Crippen LogP contribution in [-0.4, -0.2) is 19.7 Å². The molecule has 128 valence electrons. The van der Waals surface area contributed by atoms with Gasteiger partial charge in [0.2, 0.25) is 0 Å². The summed E-state index contributed by atoms with van der Waals surface area (Å²) >= 11 is 0. The molecular weight excluding hydrogens is 298 g/mol. The van der Waals surface area contributed by atoms with Gasteiger partial charge in [-0.15, -0.1) is 0 Å². The lowest BCUT2D eigenvalue weighted by molar-refractivity contribution is 0.303. The van der Waals surface area contributed by atoms with Crippen LogP contribution < -0.4 is 21.1 Å². The lowest BCUT2D eigenvalue weighted by Crippen LogP contribution is -2.45. The van der Waals surface area contributed by atoms with E-state index in [0.717, 1.165) is 18.8 Å². The van der Waals surface area contributed by atoms with Crippen LogP contribution in [0, 0.1) is 0 Å². The monoisotopic (exact) mass is 325 g/mol. The van der Waals surface area contributed by atoms with Gasteiger partial charge in [-0.3, -0.25) is 0 Å². The molecule has 0 amide bonds. The Hall–Kier alpha value is -1.88. The van der Waals surface area contributed by atoms with Gasteiger partial charge in [0.15, 0.2) is 0 Å². The number of hydrogen-bond acceptors (Lipinski definition) is 4. The molecule has 24 heavy (non-hydrogen) atoms. The van der Waals surface area contributed by atoms with Gasteiger partial charge >= 0.3 is 0 Å². The van der Waals surface area contributed by atoms with Crippen LogP contribution in [0.4, 0.5) is 0 Å². The van der Waals surface area contributed by atoms with Crippen LogP contribution in [0.1, 0.15) is 35.6 Å². The topological polar surface area (TPSA) is 59.3 Å². The Kier molecular flexibility index (Phi) is 5.86. The van der Waals surface area contributed by atoms with E-state index in [2.05, 4.69) is 47.0 Å². The molecule has 2 aromatic rings. The number of methoxy groups -OCH3 is 1. The first-order valence-corrected chi connectivity index (χ1v) is 8.69. The summed E-state index contributed by atoms with van der Waals surface area (Å²) in [6.07, 6.45) is 2.37. The molecule has 0 aliphatic carbocycles. The van der Waals surface area contributed by atoms with E-state index < -0.39 is 0 Å². The Bertz CT molecular complexity index is 642. The number of para-hydroxylation sites is 1. The van der Waals surface area contributed by atoms with Crippen LogP contribution in [0.2, 0.25) is 0 Å². The smallest absolute Gasteiger partial charge is 0.123 e. The minimum absolute atomic E-state index is 0.334. The van der Waals surface area contributed by atoms with E-state index >= 15 is 0 Å².